The number of carboxylic acids is 1. The monoisotopic (exact) mass is 394 g/mol. The number of methoxy groups -OCH3 is 1. The Morgan fingerprint density at radius 3 is 2.55 bits per heavy atom. The number of nitrogens with one attached hydrogen (secondary N) is 2. The molecule has 0 aliphatic rings. The molecule has 3 aromatic rings. The molecule has 1 aromatic heterocycles. The average molecular weight is 394 g/mol. The van der Waals surface area contributed by atoms with E-state index in [1.54, 1.807) is 7.11 Å². The van der Waals surface area contributed by atoms with Crippen LogP contribution in [-0.2, 0) is 16.0 Å². The zero-order chi connectivity index (χ0) is 20.8. The van der Waals surface area contributed by atoms with Crippen molar-refractivity contribution in [2.45, 2.75) is 26.2 Å². The van der Waals surface area contributed by atoms with Crippen molar-refractivity contribution in [1.82, 2.24) is 10.3 Å². The van der Waals surface area contributed by atoms with Crippen LogP contribution in [0.25, 0.3) is 22.2 Å². The molecule has 0 bridgehead atoms. The lowest BCUT2D eigenvalue weighted by molar-refractivity contribution is -0.138. The van der Waals surface area contributed by atoms with Gasteiger partial charge in [-0.15, -0.1) is 0 Å². The summed E-state index contributed by atoms with van der Waals surface area (Å²) in [5.74, 6) is -0.233. The predicted molar refractivity (Wildman–Crippen MR) is 113 cm³/mol. The molecule has 2 aromatic carbocycles. The Balaban J connectivity index is 1.75. The van der Waals surface area contributed by atoms with Crippen molar-refractivity contribution in [1.29, 1.82) is 0 Å². The summed E-state index contributed by atoms with van der Waals surface area (Å²) in [7, 11) is 1.64. The van der Waals surface area contributed by atoms with Crippen molar-refractivity contribution < 1.29 is 19.4 Å². The van der Waals surface area contributed by atoms with E-state index in [0.29, 0.717) is 19.4 Å². The summed E-state index contributed by atoms with van der Waals surface area (Å²) in [6.07, 6.45) is 0.972. The first-order valence-electron chi connectivity index (χ1n) is 9.70. The highest BCUT2D eigenvalue weighted by Crippen LogP contribution is 2.32. The highest BCUT2D eigenvalue weighted by atomic mass is 16.5. The van der Waals surface area contributed by atoms with E-state index in [1.165, 1.54) is 0 Å². The number of amides is 1. The first-order valence-corrected chi connectivity index (χ1v) is 9.70. The van der Waals surface area contributed by atoms with Crippen LogP contribution in [0.2, 0.25) is 0 Å². The number of aryl methyl sites for hydroxylation is 1. The number of carboxylic acid groups (broad SMARTS) is 1. The Hall–Kier alpha value is -3.28. The number of ether oxygens (including phenoxy) is 1. The van der Waals surface area contributed by atoms with Crippen LogP contribution in [0.3, 0.4) is 0 Å². The van der Waals surface area contributed by atoms with Crippen LogP contribution in [0.4, 0.5) is 0 Å². The molecular formula is C23H26N2O4. The molecular weight excluding hydrogens is 368 g/mol. The molecule has 0 spiro atoms. The van der Waals surface area contributed by atoms with Gasteiger partial charge >= 0.3 is 5.97 Å². The van der Waals surface area contributed by atoms with E-state index >= 15 is 0 Å². The molecule has 0 aliphatic heterocycles. The molecule has 3 rings (SSSR count). The van der Waals surface area contributed by atoms with Crippen molar-refractivity contribution in [3.8, 4) is 17.0 Å². The highest BCUT2D eigenvalue weighted by Gasteiger charge is 2.15. The van der Waals surface area contributed by atoms with E-state index in [4.69, 9.17) is 9.84 Å². The SMILES string of the molecule is COc1ccc(-c2[nH]c3ccccc3c2CCC(=O)NCC(C)CC(=O)O)cc1. The number of aliphatic carboxylic acids is 1. The summed E-state index contributed by atoms with van der Waals surface area (Å²) in [6, 6.07) is 15.9. The molecule has 1 unspecified atom stereocenters. The minimum absolute atomic E-state index is 0.0460. The summed E-state index contributed by atoms with van der Waals surface area (Å²) in [5.41, 5.74) is 4.16. The predicted octanol–water partition coefficient (Wildman–Crippen LogP) is 4.00. The van der Waals surface area contributed by atoms with Crippen LogP contribution in [0, 0.1) is 5.92 Å². The third-order valence-electron chi connectivity index (χ3n) is 4.97. The van der Waals surface area contributed by atoms with Gasteiger partial charge < -0.3 is 20.1 Å². The van der Waals surface area contributed by atoms with Crippen LogP contribution < -0.4 is 10.1 Å². The number of H-pyrrole nitrogens is 1. The van der Waals surface area contributed by atoms with Crippen molar-refractivity contribution in [3.05, 3.63) is 54.1 Å². The fraction of sp³-hybridized carbons (Fsp3) is 0.304. The van der Waals surface area contributed by atoms with E-state index in [1.807, 2.05) is 49.4 Å². The number of carbonyl (C=O) groups is 2. The molecule has 1 heterocycles. The molecule has 3 N–H and O–H groups in total. The number of aromatic amines is 1. The third-order valence-corrected chi connectivity index (χ3v) is 4.97. The molecule has 0 saturated carbocycles. The van der Waals surface area contributed by atoms with Gasteiger partial charge in [0.2, 0.25) is 5.91 Å². The van der Waals surface area contributed by atoms with Gasteiger partial charge in [-0.25, -0.2) is 0 Å². The van der Waals surface area contributed by atoms with Crippen molar-refractivity contribution in [2.24, 2.45) is 5.92 Å². The molecule has 0 saturated heterocycles. The van der Waals surface area contributed by atoms with E-state index in [2.05, 4.69) is 16.4 Å². The molecule has 1 atom stereocenters. The van der Waals surface area contributed by atoms with Gasteiger partial charge in [0.25, 0.3) is 0 Å². The number of aromatic nitrogens is 1. The van der Waals surface area contributed by atoms with Crippen molar-refractivity contribution in [2.75, 3.05) is 13.7 Å². The third kappa shape index (κ3) is 5.16. The summed E-state index contributed by atoms with van der Waals surface area (Å²) in [4.78, 5) is 26.5. The van der Waals surface area contributed by atoms with Gasteiger partial charge in [-0.3, -0.25) is 9.59 Å². The van der Waals surface area contributed by atoms with Crippen LogP contribution in [-0.4, -0.2) is 35.6 Å². The Morgan fingerprint density at radius 2 is 1.86 bits per heavy atom. The minimum Gasteiger partial charge on any atom is -0.497 e. The summed E-state index contributed by atoms with van der Waals surface area (Å²) < 4.78 is 5.24. The zero-order valence-corrected chi connectivity index (χ0v) is 16.7. The van der Waals surface area contributed by atoms with Crippen molar-refractivity contribution >= 4 is 22.8 Å². The lowest BCUT2D eigenvalue weighted by atomic mass is 10.0. The first kappa shape index (κ1) is 20.5. The summed E-state index contributed by atoms with van der Waals surface area (Å²) in [5, 5.41) is 12.8. The maximum absolute atomic E-state index is 12.3. The van der Waals surface area contributed by atoms with Gasteiger partial charge in [-0.05, 0) is 53.8 Å². The smallest absolute Gasteiger partial charge is 0.303 e. The Labute approximate surface area is 169 Å². The van der Waals surface area contributed by atoms with Gasteiger partial charge in [-0.2, -0.15) is 0 Å². The number of carbonyl (C=O) groups excluding carboxylic acids is 1. The number of benzene rings is 2. The number of para-hydroxylation sites is 1. The van der Waals surface area contributed by atoms with Gasteiger partial charge in [0.1, 0.15) is 5.75 Å². The molecule has 152 valence electrons. The number of rotatable bonds is 9. The first-order chi connectivity index (χ1) is 14.0. The molecule has 1 amide bonds. The van der Waals surface area contributed by atoms with Gasteiger partial charge in [-0.1, -0.05) is 25.1 Å². The van der Waals surface area contributed by atoms with E-state index in [9.17, 15) is 9.59 Å². The fourth-order valence-electron chi connectivity index (χ4n) is 3.45. The normalized spacial score (nSPS) is 11.9. The Kier molecular flexibility index (Phi) is 6.54. The Morgan fingerprint density at radius 1 is 1.14 bits per heavy atom. The molecule has 29 heavy (non-hydrogen) atoms. The average Bonchev–Trinajstić information content (AvgIpc) is 3.09. The largest absolute Gasteiger partial charge is 0.497 e. The van der Waals surface area contributed by atoms with E-state index in [-0.39, 0.29) is 18.2 Å². The topological polar surface area (TPSA) is 91.4 Å². The number of hydrogen-bond acceptors (Lipinski definition) is 3. The molecule has 0 aliphatic carbocycles. The quantitative estimate of drug-likeness (QED) is 0.511. The second kappa shape index (κ2) is 9.28. The highest BCUT2D eigenvalue weighted by molar-refractivity contribution is 5.91. The second-order valence-corrected chi connectivity index (χ2v) is 7.26. The van der Waals surface area contributed by atoms with Gasteiger partial charge in [0.05, 0.1) is 7.11 Å². The Bertz CT molecular complexity index is 992. The molecule has 0 fully saturated rings. The van der Waals surface area contributed by atoms with Crippen LogP contribution in [0.5, 0.6) is 5.75 Å². The van der Waals surface area contributed by atoms with Crippen LogP contribution in [0.15, 0.2) is 48.5 Å². The fourth-order valence-corrected chi connectivity index (χ4v) is 3.45. The number of hydrogen-bond donors (Lipinski definition) is 3. The zero-order valence-electron chi connectivity index (χ0n) is 16.7. The van der Waals surface area contributed by atoms with E-state index in [0.717, 1.165) is 33.5 Å². The molecule has 6 heteroatoms. The second-order valence-electron chi connectivity index (χ2n) is 7.26. The molecule has 0 radical (unpaired) electrons. The maximum atomic E-state index is 12.3. The summed E-state index contributed by atoms with van der Waals surface area (Å²) >= 11 is 0. The lowest BCUT2D eigenvalue weighted by Crippen LogP contribution is -2.29. The van der Waals surface area contributed by atoms with Crippen molar-refractivity contribution in [3.63, 3.8) is 0 Å². The minimum atomic E-state index is -0.852. The maximum Gasteiger partial charge on any atom is 0.303 e. The lowest BCUT2D eigenvalue weighted by Gasteiger charge is -2.11. The summed E-state index contributed by atoms with van der Waals surface area (Å²) in [6.45, 7) is 2.18. The van der Waals surface area contributed by atoms with Gasteiger partial charge in [0.15, 0.2) is 0 Å². The van der Waals surface area contributed by atoms with Crippen LogP contribution in [0.1, 0.15) is 25.3 Å². The number of fused-ring (bicyclic) bond motifs is 1. The standard InChI is InChI=1S/C23H26N2O4/c1-15(13-22(27)28)14-24-21(26)12-11-19-18-5-3-4-6-20(18)25-23(19)16-7-9-17(29-2)10-8-16/h3-10,15,25H,11-14H2,1-2H3,(H,24,26)(H,27,28). The van der Waals surface area contributed by atoms with Gasteiger partial charge in [0, 0.05) is 36.0 Å². The molecule has 6 nitrogen and oxygen atoms in total. The van der Waals surface area contributed by atoms with Crippen LogP contribution >= 0.6 is 0 Å². The van der Waals surface area contributed by atoms with E-state index < -0.39 is 5.97 Å².